The quantitative estimate of drug-likeness (QED) is 0.785. The lowest BCUT2D eigenvalue weighted by Gasteiger charge is -2.04. The zero-order valence-corrected chi connectivity index (χ0v) is 13.2. The Balaban J connectivity index is 1.92. The Morgan fingerprint density at radius 3 is 2.95 bits per heavy atom. The van der Waals surface area contributed by atoms with E-state index in [4.69, 9.17) is 11.6 Å². The first-order chi connectivity index (χ1) is 9.98. The van der Waals surface area contributed by atoms with Crippen LogP contribution in [-0.4, -0.2) is 28.4 Å². The number of benzene rings is 1. The lowest BCUT2D eigenvalue weighted by atomic mass is 10.3. The highest BCUT2D eigenvalue weighted by Gasteiger charge is 2.18. The number of aromatic nitrogens is 4. The molecule has 0 unspecified atom stereocenters. The van der Waals surface area contributed by atoms with Gasteiger partial charge in [-0.15, -0.1) is 16.4 Å². The minimum Gasteiger partial charge on any atom is -0.278 e. The molecule has 0 fully saturated rings. The Bertz CT molecular complexity index is 902. The van der Waals surface area contributed by atoms with Gasteiger partial charge >= 0.3 is 0 Å². The fourth-order valence-electron chi connectivity index (χ4n) is 1.72. The predicted octanol–water partition coefficient (Wildman–Crippen LogP) is 2.36. The molecule has 0 saturated carbocycles. The molecule has 0 bridgehead atoms. The van der Waals surface area contributed by atoms with Gasteiger partial charge in [-0.25, -0.2) is 4.98 Å². The van der Waals surface area contributed by atoms with Gasteiger partial charge in [0.2, 0.25) is 5.03 Å². The van der Waals surface area contributed by atoms with E-state index in [1.807, 2.05) is 6.92 Å². The number of nitrogens with zero attached hydrogens (tertiary/aromatic N) is 4. The van der Waals surface area contributed by atoms with Gasteiger partial charge in [0.15, 0.2) is 4.47 Å². The summed E-state index contributed by atoms with van der Waals surface area (Å²) in [5, 5.41) is 7.63. The molecule has 1 aromatic carbocycles. The highest BCUT2D eigenvalue weighted by Crippen LogP contribution is 2.28. The van der Waals surface area contributed by atoms with Gasteiger partial charge in [0, 0.05) is 0 Å². The van der Waals surface area contributed by atoms with Crippen LogP contribution in [0.2, 0.25) is 4.47 Å². The molecule has 0 aliphatic heterocycles. The zero-order valence-electron chi connectivity index (χ0n) is 10.8. The van der Waals surface area contributed by atoms with E-state index in [1.165, 1.54) is 22.3 Å². The molecule has 7 nitrogen and oxygen atoms in total. The summed E-state index contributed by atoms with van der Waals surface area (Å²) in [5.74, 6) is 0. The Hall–Kier alpha value is -1.71. The molecule has 0 amide bonds. The SMILES string of the molecule is CCn1ncc(S(=O)(=O)Nc2ccc3nc(Cl)sc3c2)n1. The average Bonchev–Trinajstić information content (AvgIpc) is 3.03. The van der Waals surface area contributed by atoms with Gasteiger partial charge in [0.1, 0.15) is 0 Å². The number of fused-ring (bicyclic) bond motifs is 1. The summed E-state index contributed by atoms with van der Waals surface area (Å²) in [6.07, 6.45) is 1.22. The van der Waals surface area contributed by atoms with Gasteiger partial charge in [-0.2, -0.15) is 18.3 Å². The Labute approximate surface area is 129 Å². The van der Waals surface area contributed by atoms with Crippen LogP contribution in [0.4, 0.5) is 5.69 Å². The standard InChI is InChI=1S/C11H10ClN5O2S2/c1-2-17-13-6-10(15-17)21(18,19)16-7-3-4-8-9(5-7)20-11(12)14-8/h3-6,16H,2H2,1H3. The molecule has 1 N–H and O–H groups in total. The molecule has 0 spiro atoms. The Morgan fingerprint density at radius 1 is 1.43 bits per heavy atom. The first-order valence-corrected chi connectivity index (χ1v) is 8.65. The third-order valence-electron chi connectivity index (χ3n) is 2.69. The van der Waals surface area contributed by atoms with E-state index < -0.39 is 10.0 Å². The van der Waals surface area contributed by atoms with E-state index in [0.29, 0.717) is 16.7 Å². The molecule has 0 atom stereocenters. The zero-order chi connectivity index (χ0) is 15.0. The lowest BCUT2D eigenvalue weighted by Crippen LogP contribution is -2.14. The second kappa shape index (κ2) is 5.24. The van der Waals surface area contributed by atoms with E-state index in [9.17, 15) is 8.42 Å². The molecule has 0 saturated heterocycles. The van der Waals surface area contributed by atoms with Crippen molar-refractivity contribution in [1.29, 1.82) is 0 Å². The van der Waals surface area contributed by atoms with Crippen molar-refractivity contribution in [3.8, 4) is 0 Å². The second-order valence-corrected chi connectivity index (χ2v) is 7.37. The van der Waals surface area contributed by atoms with Crippen LogP contribution < -0.4 is 4.72 Å². The summed E-state index contributed by atoms with van der Waals surface area (Å²) in [6.45, 7) is 2.33. The molecule has 0 radical (unpaired) electrons. The molecule has 2 aromatic heterocycles. The molecule has 21 heavy (non-hydrogen) atoms. The van der Waals surface area contributed by atoms with Crippen molar-refractivity contribution in [2.45, 2.75) is 18.5 Å². The first kappa shape index (κ1) is 14.2. The number of anilines is 1. The molecule has 3 rings (SSSR count). The highest BCUT2D eigenvalue weighted by atomic mass is 35.5. The van der Waals surface area contributed by atoms with Gasteiger partial charge in [0.25, 0.3) is 10.0 Å². The topological polar surface area (TPSA) is 89.8 Å². The van der Waals surface area contributed by atoms with E-state index in [1.54, 1.807) is 18.2 Å². The number of aryl methyl sites for hydroxylation is 1. The number of sulfonamides is 1. The van der Waals surface area contributed by atoms with Crippen molar-refractivity contribution in [3.63, 3.8) is 0 Å². The smallest absolute Gasteiger partial charge is 0.278 e. The van der Waals surface area contributed by atoms with Crippen LogP contribution in [-0.2, 0) is 16.6 Å². The molecular formula is C11H10ClN5O2S2. The Kier molecular flexibility index (Phi) is 3.56. The molecule has 10 heteroatoms. The predicted molar refractivity (Wildman–Crippen MR) is 81.1 cm³/mol. The van der Waals surface area contributed by atoms with E-state index >= 15 is 0 Å². The van der Waals surface area contributed by atoms with Crippen LogP contribution in [0.5, 0.6) is 0 Å². The first-order valence-electron chi connectivity index (χ1n) is 5.97. The molecule has 0 aliphatic carbocycles. The summed E-state index contributed by atoms with van der Waals surface area (Å²) in [7, 11) is -3.76. The molecule has 2 heterocycles. The number of hydrogen-bond acceptors (Lipinski definition) is 6. The van der Waals surface area contributed by atoms with Gasteiger partial charge in [0.05, 0.1) is 28.6 Å². The minimum absolute atomic E-state index is 0.119. The number of hydrogen-bond donors (Lipinski definition) is 1. The summed E-state index contributed by atoms with van der Waals surface area (Å²) in [6, 6.07) is 5.01. The van der Waals surface area contributed by atoms with Crippen LogP contribution in [0.25, 0.3) is 10.2 Å². The normalized spacial score (nSPS) is 11.9. The fraction of sp³-hybridized carbons (Fsp3) is 0.182. The van der Waals surface area contributed by atoms with Gasteiger partial charge in [-0.1, -0.05) is 11.6 Å². The monoisotopic (exact) mass is 343 g/mol. The van der Waals surface area contributed by atoms with Crippen LogP contribution in [0.15, 0.2) is 29.4 Å². The maximum Gasteiger partial charge on any atom is 0.282 e. The molecular weight excluding hydrogens is 334 g/mol. The maximum atomic E-state index is 12.2. The molecule has 0 aliphatic rings. The van der Waals surface area contributed by atoms with Crippen molar-refractivity contribution in [2.24, 2.45) is 0 Å². The largest absolute Gasteiger partial charge is 0.282 e. The molecule has 3 aromatic rings. The van der Waals surface area contributed by atoms with Gasteiger partial charge < -0.3 is 0 Å². The second-order valence-electron chi connectivity index (χ2n) is 4.13. The van der Waals surface area contributed by atoms with Crippen molar-refractivity contribution in [1.82, 2.24) is 20.0 Å². The average molecular weight is 344 g/mol. The third kappa shape index (κ3) is 2.85. The van der Waals surface area contributed by atoms with E-state index in [0.717, 1.165) is 10.2 Å². The number of halogens is 1. The van der Waals surface area contributed by atoms with Crippen molar-refractivity contribution in [2.75, 3.05) is 4.72 Å². The van der Waals surface area contributed by atoms with E-state index in [2.05, 4.69) is 19.9 Å². The van der Waals surface area contributed by atoms with Crippen molar-refractivity contribution in [3.05, 3.63) is 28.9 Å². The highest BCUT2D eigenvalue weighted by molar-refractivity contribution is 7.92. The number of nitrogens with one attached hydrogen (secondary N) is 1. The van der Waals surface area contributed by atoms with E-state index in [-0.39, 0.29) is 5.03 Å². The number of thiazole rings is 1. The minimum atomic E-state index is -3.76. The van der Waals surface area contributed by atoms with Gasteiger partial charge in [-0.3, -0.25) is 4.72 Å². The third-order valence-corrected chi connectivity index (χ3v) is 5.05. The van der Waals surface area contributed by atoms with Crippen LogP contribution >= 0.6 is 22.9 Å². The summed E-state index contributed by atoms with van der Waals surface area (Å²) in [4.78, 5) is 5.41. The van der Waals surface area contributed by atoms with Crippen LogP contribution in [0.1, 0.15) is 6.92 Å². The maximum absolute atomic E-state index is 12.2. The van der Waals surface area contributed by atoms with Crippen LogP contribution in [0, 0.1) is 0 Å². The number of rotatable bonds is 4. The van der Waals surface area contributed by atoms with Gasteiger partial charge in [-0.05, 0) is 25.1 Å². The van der Waals surface area contributed by atoms with Crippen molar-refractivity contribution >= 4 is 48.9 Å². The fourth-order valence-corrected chi connectivity index (χ4v) is 3.72. The summed E-state index contributed by atoms with van der Waals surface area (Å²) >= 11 is 7.11. The summed E-state index contributed by atoms with van der Waals surface area (Å²) < 4.78 is 28.1. The van der Waals surface area contributed by atoms with Crippen molar-refractivity contribution < 1.29 is 8.42 Å². The Morgan fingerprint density at radius 2 is 2.24 bits per heavy atom. The molecule has 110 valence electrons. The summed E-state index contributed by atoms with van der Waals surface area (Å²) in [5.41, 5.74) is 1.15. The lowest BCUT2D eigenvalue weighted by molar-refractivity contribution is 0.551. The van der Waals surface area contributed by atoms with Crippen LogP contribution in [0.3, 0.4) is 0 Å².